The topological polar surface area (TPSA) is 0 Å². The predicted octanol–water partition coefficient (Wildman–Crippen LogP) is 4.04. The van der Waals surface area contributed by atoms with E-state index in [4.69, 9.17) is 0 Å². The molecule has 0 heterocycles. The van der Waals surface area contributed by atoms with Gasteiger partial charge in [-0.15, -0.1) is 0 Å². The third-order valence-corrected chi connectivity index (χ3v) is 8.51. The van der Waals surface area contributed by atoms with Gasteiger partial charge in [-0.1, -0.05) is 0 Å². The van der Waals surface area contributed by atoms with Gasteiger partial charge in [-0.05, 0) is 0 Å². The second-order valence-corrected chi connectivity index (χ2v) is 9.02. The van der Waals surface area contributed by atoms with Crippen LogP contribution in [0.2, 0.25) is 8.45 Å². The molecule has 3 rings (SSSR count). The fourth-order valence-corrected chi connectivity index (χ4v) is 7.36. The first-order valence-corrected chi connectivity index (χ1v) is 8.86. The van der Waals surface area contributed by atoms with Crippen LogP contribution in [0, 0.1) is 11.6 Å². The number of benzene rings is 1. The van der Waals surface area contributed by atoms with Crippen LogP contribution in [-0.2, 0) is 17.9 Å². The molecule has 0 nitrogen and oxygen atoms in total. The Hall–Kier alpha value is -1.25. The molecule has 2 aliphatic rings. The summed E-state index contributed by atoms with van der Waals surface area (Å²) in [7, 11) is 0. The second kappa shape index (κ2) is 5.40. The molecule has 0 aromatic heterocycles. The Kier molecular flexibility index (Phi) is 3.63. The normalized spacial score (nSPS) is 17.8. The maximum atomic E-state index is 14.1. The molecule has 1 aromatic carbocycles. The van der Waals surface area contributed by atoms with Crippen LogP contribution in [0.1, 0.15) is 0 Å². The van der Waals surface area contributed by atoms with Crippen molar-refractivity contribution in [3.63, 3.8) is 0 Å². The Morgan fingerprint density at radius 2 is 1.32 bits per heavy atom. The molecule has 0 radical (unpaired) electrons. The summed E-state index contributed by atoms with van der Waals surface area (Å²) < 4.78 is 28.6. The SMILES string of the molecule is Fc1cc[c]([Ti]([CH]2C=CC=C2)[CH]2C=CC=C2)c(F)c1. The predicted molar refractivity (Wildman–Crippen MR) is 70.1 cm³/mol. The number of hydrogen-bond donors (Lipinski definition) is 0. The standard InChI is InChI=1S/C6H3F2.2C5H5.Ti/c7-5-2-1-3-6(8)4-5;2*1-2-4-5-3-1;/h1-2,4H;2*1-5H;. The summed E-state index contributed by atoms with van der Waals surface area (Å²) in [5, 5.41) is 0. The van der Waals surface area contributed by atoms with Crippen molar-refractivity contribution < 1.29 is 26.7 Å². The van der Waals surface area contributed by atoms with Gasteiger partial charge in [0.1, 0.15) is 0 Å². The number of rotatable bonds is 3. The van der Waals surface area contributed by atoms with Crippen molar-refractivity contribution in [2.45, 2.75) is 8.45 Å². The van der Waals surface area contributed by atoms with Gasteiger partial charge in [0.15, 0.2) is 0 Å². The van der Waals surface area contributed by atoms with Gasteiger partial charge in [0.2, 0.25) is 0 Å². The first kappa shape index (κ1) is 12.8. The average molecular weight is 291 g/mol. The summed E-state index contributed by atoms with van der Waals surface area (Å²) >= 11 is -1.97. The third-order valence-electron chi connectivity index (χ3n) is 3.46. The molecule has 0 fully saturated rings. The number of halogens is 2. The fraction of sp³-hybridized carbons (Fsp3) is 0.125. The van der Waals surface area contributed by atoms with Gasteiger partial charge in [0.05, 0.1) is 0 Å². The molecule has 0 amide bonds. The molecule has 0 spiro atoms. The van der Waals surface area contributed by atoms with E-state index in [1.54, 1.807) is 6.07 Å². The summed E-state index contributed by atoms with van der Waals surface area (Å²) in [4.78, 5) is 0. The molecule has 0 unspecified atom stereocenters. The van der Waals surface area contributed by atoms with Crippen LogP contribution >= 0.6 is 0 Å². The summed E-state index contributed by atoms with van der Waals surface area (Å²) in [5.74, 6) is -0.897. The van der Waals surface area contributed by atoms with Gasteiger partial charge in [0.25, 0.3) is 0 Å². The van der Waals surface area contributed by atoms with Gasteiger partial charge in [-0.25, -0.2) is 0 Å². The molecule has 0 saturated carbocycles. The number of allylic oxidation sites excluding steroid dienone is 8. The van der Waals surface area contributed by atoms with Crippen LogP contribution in [0.15, 0.2) is 66.8 Å². The van der Waals surface area contributed by atoms with Gasteiger partial charge in [0, 0.05) is 0 Å². The van der Waals surface area contributed by atoms with E-state index >= 15 is 0 Å². The Bertz CT molecular complexity index is 547. The van der Waals surface area contributed by atoms with Crippen molar-refractivity contribution in [2.24, 2.45) is 0 Å². The Balaban J connectivity index is 2.02. The molecule has 2 aliphatic carbocycles. The van der Waals surface area contributed by atoms with Crippen LogP contribution < -0.4 is 3.87 Å². The van der Waals surface area contributed by atoms with E-state index < -0.39 is 29.5 Å². The molecule has 19 heavy (non-hydrogen) atoms. The van der Waals surface area contributed by atoms with E-state index in [2.05, 4.69) is 24.3 Å². The van der Waals surface area contributed by atoms with E-state index in [9.17, 15) is 8.78 Å². The van der Waals surface area contributed by atoms with Crippen LogP contribution in [0.3, 0.4) is 0 Å². The zero-order chi connectivity index (χ0) is 13.2. The number of hydrogen-bond acceptors (Lipinski definition) is 0. The van der Waals surface area contributed by atoms with Crippen LogP contribution in [0.25, 0.3) is 0 Å². The van der Waals surface area contributed by atoms with Gasteiger partial charge < -0.3 is 0 Å². The molecule has 0 atom stereocenters. The minimum absolute atomic E-state index is 0.317. The first-order chi connectivity index (χ1) is 9.25. The zero-order valence-corrected chi connectivity index (χ0v) is 11.8. The Labute approximate surface area is 117 Å². The van der Waals surface area contributed by atoms with Crippen molar-refractivity contribution in [3.05, 3.63) is 78.4 Å². The van der Waals surface area contributed by atoms with Gasteiger partial charge in [-0.2, -0.15) is 0 Å². The Morgan fingerprint density at radius 1 is 0.789 bits per heavy atom. The first-order valence-electron chi connectivity index (χ1n) is 6.28. The van der Waals surface area contributed by atoms with Crippen LogP contribution in [0.4, 0.5) is 8.78 Å². The van der Waals surface area contributed by atoms with Crippen LogP contribution in [-0.4, -0.2) is 0 Å². The molecular formula is C16H13F2Ti. The molecule has 1 aromatic rings. The maximum absolute atomic E-state index is 14.1. The molecule has 3 heteroatoms. The molecule has 95 valence electrons. The van der Waals surface area contributed by atoms with Crippen molar-refractivity contribution in [2.75, 3.05) is 0 Å². The van der Waals surface area contributed by atoms with E-state index in [-0.39, 0.29) is 0 Å². The molecule has 0 aliphatic heterocycles. The van der Waals surface area contributed by atoms with E-state index in [0.717, 1.165) is 9.93 Å². The van der Waals surface area contributed by atoms with E-state index in [1.165, 1.54) is 6.07 Å². The van der Waals surface area contributed by atoms with Crippen molar-refractivity contribution >= 4 is 3.87 Å². The van der Waals surface area contributed by atoms with Gasteiger partial charge >= 0.3 is 117 Å². The molecule has 0 bridgehead atoms. The quantitative estimate of drug-likeness (QED) is 0.737. The van der Waals surface area contributed by atoms with Gasteiger partial charge in [-0.3, -0.25) is 0 Å². The monoisotopic (exact) mass is 291 g/mol. The zero-order valence-electron chi connectivity index (χ0n) is 10.3. The summed E-state index contributed by atoms with van der Waals surface area (Å²) in [6, 6.07) is 4.02. The van der Waals surface area contributed by atoms with E-state index in [1.807, 2.05) is 24.3 Å². The summed E-state index contributed by atoms with van der Waals surface area (Å²) in [6.07, 6.45) is 16.6. The second-order valence-electron chi connectivity index (χ2n) is 4.67. The third kappa shape index (κ3) is 2.56. The van der Waals surface area contributed by atoms with Crippen molar-refractivity contribution in [1.29, 1.82) is 0 Å². The minimum atomic E-state index is -1.97. The molecular weight excluding hydrogens is 278 g/mol. The molecule has 0 saturated heterocycles. The van der Waals surface area contributed by atoms with Crippen LogP contribution in [0.5, 0.6) is 0 Å². The molecule has 0 N–H and O–H groups in total. The summed E-state index contributed by atoms with van der Waals surface area (Å²) in [6.45, 7) is 0. The van der Waals surface area contributed by atoms with Crippen molar-refractivity contribution in [1.82, 2.24) is 0 Å². The average Bonchev–Trinajstić information content (AvgIpc) is 3.06. The van der Waals surface area contributed by atoms with Crippen molar-refractivity contribution in [3.8, 4) is 0 Å². The van der Waals surface area contributed by atoms with E-state index in [0.29, 0.717) is 8.45 Å². The fourth-order valence-electron chi connectivity index (χ4n) is 2.58. The Morgan fingerprint density at radius 3 is 1.79 bits per heavy atom. The summed E-state index contributed by atoms with van der Waals surface area (Å²) in [5.41, 5.74) is 0.